The van der Waals surface area contributed by atoms with Crippen LogP contribution in [0.1, 0.15) is 40.7 Å². The lowest BCUT2D eigenvalue weighted by Gasteiger charge is -2.34. The van der Waals surface area contributed by atoms with Gasteiger partial charge in [0.05, 0.1) is 5.52 Å². The Morgan fingerprint density at radius 2 is 1.65 bits per heavy atom. The van der Waals surface area contributed by atoms with Crippen LogP contribution in [0, 0.1) is 0 Å². The molecule has 0 aliphatic carbocycles. The average molecular weight is 420 g/mol. The van der Waals surface area contributed by atoms with Gasteiger partial charge in [-0.15, -0.1) is 0 Å². The second-order valence-electron chi connectivity index (χ2n) is 8.16. The molecule has 0 spiro atoms. The molecular formula is C24H29N5O2. The number of hydrogen-bond donors (Lipinski definition) is 1. The summed E-state index contributed by atoms with van der Waals surface area (Å²) in [6.07, 6.45) is 0. The number of nitrogens with zero attached hydrogens (tertiary/aromatic N) is 4. The molecule has 0 radical (unpaired) electrons. The molecular weight excluding hydrogens is 390 g/mol. The molecule has 1 aliphatic heterocycles. The maximum absolute atomic E-state index is 12.8. The van der Waals surface area contributed by atoms with Crippen LogP contribution in [0.25, 0.3) is 10.9 Å². The standard InChI is InChI=1S/C24H29N5O2/c1-18(2)29-21-11-7-6-10-20(21)22(26-29)23(30)25-12-13-27-14-16-28(17-15-27)24(31)19-8-4-3-5-9-19/h3-11,18H,12-17H2,1-2H3,(H,25,30). The number of aromatic nitrogens is 2. The van der Waals surface area contributed by atoms with Gasteiger partial charge >= 0.3 is 0 Å². The minimum atomic E-state index is -0.145. The second kappa shape index (κ2) is 9.31. The molecule has 1 fully saturated rings. The fourth-order valence-electron chi connectivity index (χ4n) is 4.00. The molecule has 1 aromatic heterocycles. The Morgan fingerprint density at radius 3 is 2.35 bits per heavy atom. The summed E-state index contributed by atoms with van der Waals surface area (Å²) in [7, 11) is 0. The van der Waals surface area contributed by atoms with Crippen molar-refractivity contribution in [3.05, 3.63) is 65.9 Å². The van der Waals surface area contributed by atoms with Crippen LogP contribution in [-0.4, -0.2) is 70.7 Å². The molecule has 0 saturated carbocycles. The first-order chi connectivity index (χ1) is 15.0. The quantitative estimate of drug-likeness (QED) is 0.667. The molecule has 3 aromatic rings. The van der Waals surface area contributed by atoms with Crippen LogP contribution in [0.15, 0.2) is 54.6 Å². The first-order valence-corrected chi connectivity index (χ1v) is 10.9. The Morgan fingerprint density at radius 1 is 0.968 bits per heavy atom. The molecule has 1 aliphatic rings. The van der Waals surface area contributed by atoms with E-state index < -0.39 is 0 Å². The highest BCUT2D eigenvalue weighted by Crippen LogP contribution is 2.21. The SMILES string of the molecule is CC(C)n1nc(C(=O)NCCN2CCN(C(=O)c3ccccc3)CC2)c2ccccc21. The number of nitrogens with one attached hydrogen (secondary N) is 1. The van der Waals surface area contributed by atoms with E-state index in [-0.39, 0.29) is 17.9 Å². The molecule has 2 amide bonds. The van der Waals surface area contributed by atoms with E-state index in [1.54, 1.807) is 0 Å². The van der Waals surface area contributed by atoms with Gasteiger partial charge in [-0.1, -0.05) is 36.4 Å². The van der Waals surface area contributed by atoms with Gasteiger partial charge < -0.3 is 10.2 Å². The average Bonchev–Trinajstić information content (AvgIpc) is 3.20. The van der Waals surface area contributed by atoms with E-state index in [0.29, 0.717) is 25.3 Å². The maximum atomic E-state index is 12.8. The molecule has 162 valence electrons. The van der Waals surface area contributed by atoms with Gasteiger partial charge in [-0.05, 0) is 32.0 Å². The van der Waals surface area contributed by atoms with Crippen LogP contribution >= 0.6 is 0 Å². The summed E-state index contributed by atoms with van der Waals surface area (Å²) in [6.45, 7) is 8.43. The zero-order valence-electron chi connectivity index (χ0n) is 18.1. The summed E-state index contributed by atoms with van der Waals surface area (Å²) in [5.74, 6) is -0.0605. The van der Waals surface area contributed by atoms with Crippen LogP contribution in [0.4, 0.5) is 0 Å². The maximum Gasteiger partial charge on any atom is 0.272 e. The number of para-hydroxylation sites is 1. The van der Waals surface area contributed by atoms with Crippen molar-refractivity contribution >= 4 is 22.7 Å². The minimum absolute atomic E-state index is 0.0844. The Kier molecular flexibility index (Phi) is 6.32. The van der Waals surface area contributed by atoms with Crippen molar-refractivity contribution in [2.45, 2.75) is 19.9 Å². The van der Waals surface area contributed by atoms with Gasteiger partial charge in [-0.2, -0.15) is 5.10 Å². The largest absolute Gasteiger partial charge is 0.349 e. The number of carbonyl (C=O) groups is 2. The third kappa shape index (κ3) is 4.61. The van der Waals surface area contributed by atoms with Gasteiger partial charge in [-0.3, -0.25) is 19.2 Å². The van der Waals surface area contributed by atoms with Crippen LogP contribution < -0.4 is 5.32 Å². The third-order valence-corrected chi connectivity index (χ3v) is 5.71. The topological polar surface area (TPSA) is 70.5 Å². The number of piperazine rings is 1. The Hall–Kier alpha value is -3.19. The van der Waals surface area contributed by atoms with E-state index in [0.717, 1.165) is 36.1 Å². The van der Waals surface area contributed by atoms with Gasteiger partial charge in [0, 0.05) is 56.3 Å². The summed E-state index contributed by atoms with van der Waals surface area (Å²) in [6, 6.07) is 17.4. The van der Waals surface area contributed by atoms with E-state index in [2.05, 4.69) is 29.2 Å². The molecule has 2 heterocycles. The lowest BCUT2D eigenvalue weighted by molar-refractivity contribution is 0.0638. The molecule has 0 atom stereocenters. The molecule has 0 unspecified atom stereocenters. The molecule has 1 N–H and O–H groups in total. The highest BCUT2D eigenvalue weighted by atomic mass is 16.2. The van der Waals surface area contributed by atoms with Crippen LogP contribution in [-0.2, 0) is 0 Å². The van der Waals surface area contributed by atoms with Crippen LogP contribution in [0.5, 0.6) is 0 Å². The zero-order chi connectivity index (χ0) is 21.8. The molecule has 31 heavy (non-hydrogen) atoms. The smallest absolute Gasteiger partial charge is 0.272 e. The first-order valence-electron chi connectivity index (χ1n) is 10.9. The normalized spacial score (nSPS) is 14.9. The summed E-state index contributed by atoms with van der Waals surface area (Å²) in [4.78, 5) is 29.5. The molecule has 4 rings (SSSR count). The predicted octanol–water partition coefficient (Wildman–Crippen LogP) is 2.81. The monoisotopic (exact) mass is 419 g/mol. The zero-order valence-corrected chi connectivity index (χ0v) is 18.1. The van der Waals surface area contributed by atoms with Gasteiger partial charge in [0.25, 0.3) is 11.8 Å². The van der Waals surface area contributed by atoms with E-state index in [4.69, 9.17) is 0 Å². The molecule has 0 bridgehead atoms. The molecule has 7 nitrogen and oxygen atoms in total. The summed E-state index contributed by atoms with van der Waals surface area (Å²) in [5, 5.41) is 8.45. The van der Waals surface area contributed by atoms with Crippen molar-refractivity contribution in [3.8, 4) is 0 Å². The highest BCUT2D eigenvalue weighted by molar-refractivity contribution is 6.04. The van der Waals surface area contributed by atoms with E-state index >= 15 is 0 Å². The summed E-state index contributed by atoms with van der Waals surface area (Å²) >= 11 is 0. The summed E-state index contributed by atoms with van der Waals surface area (Å²) < 4.78 is 1.90. The fraction of sp³-hybridized carbons (Fsp3) is 0.375. The van der Waals surface area contributed by atoms with Crippen molar-refractivity contribution in [2.24, 2.45) is 0 Å². The number of hydrogen-bond acceptors (Lipinski definition) is 4. The van der Waals surface area contributed by atoms with Crippen molar-refractivity contribution in [3.63, 3.8) is 0 Å². The van der Waals surface area contributed by atoms with Gasteiger partial charge in [0.2, 0.25) is 0 Å². The van der Waals surface area contributed by atoms with Gasteiger partial charge in [-0.25, -0.2) is 0 Å². The Labute approximate surface area is 182 Å². The minimum Gasteiger partial charge on any atom is -0.349 e. The van der Waals surface area contributed by atoms with E-state index in [1.807, 2.05) is 64.2 Å². The van der Waals surface area contributed by atoms with E-state index in [9.17, 15) is 9.59 Å². The van der Waals surface area contributed by atoms with Crippen LogP contribution in [0.2, 0.25) is 0 Å². The highest BCUT2D eigenvalue weighted by Gasteiger charge is 2.22. The number of carbonyl (C=O) groups excluding carboxylic acids is 2. The summed E-state index contributed by atoms with van der Waals surface area (Å²) in [5.41, 5.74) is 2.18. The first kappa shape index (κ1) is 21.1. The van der Waals surface area contributed by atoms with Crippen molar-refractivity contribution < 1.29 is 9.59 Å². The van der Waals surface area contributed by atoms with Gasteiger partial charge in [0.1, 0.15) is 0 Å². The molecule has 7 heteroatoms. The van der Waals surface area contributed by atoms with Crippen molar-refractivity contribution in [1.29, 1.82) is 0 Å². The predicted molar refractivity (Wildman–Crippen MR) is 121 cm³/mol. The lowest BCUT2D eigenvalue weighted by atomic mass is 10.2. The van der Waals surface area contributed by atoms with Crippen molar-refractivity contribution in [2.75, 3.05) is 39.3 Å². The molecule has 1 saturated heterocycles. The lowest BCUT2D eigenvalue weighted by Crippen LogP contribution is -2.50. The van der Waals surface area contributed by atoms with E-state index in [1.165, 1.54) is 0 Å². The Bertz CT molecular complexity index is 1050. The second-order valence-corrected chi connectivity index (χ2v) is 8.16. The number of rotatable bonds is 6. The number of amides is 2. The fourth-order valence-corrected chi connectivity index (χ4v) is 4.00. The number of benzene rings is 2. The third-order valence-electron chi connectivity index (χ3n) is 5.71. The van der Waals surface area contributed by atoms with Gasteiger partial charge in [0.15, 0.2) is 5.69 Å². The number of fused-ring (bicyclic) bond motifs is 1. The Balaban J connectivity index is 1.28. The molecule has 2 aromatic carbocycles. The van der Waals surface area contributed by atoms with Crippen molar-refractivity contribution in [1.82, 2.24) is 24.9 Å². The van der Waals surface area contributed by atoms with Crippen LogP contribution in [0.3, 0.4) is 0 Å².